The summed E-state index contributed by atoms with van der Waals surface area (Å²) in [6.07, 6.45) is 3.84. The lowest BCUT2D eigenvalue weighted by molar-refractivity contribution is -0.137. The number of carbonyl (C=O) groups excluding carboxylic acids is 1. The van der Waals surface area contributed by atoms with Gasteiger partial charge in [0.25, 0.3) is 0 Å². The number of carboxylic acid groups (broad SMARTS) is 1. The number of amides is 2. The smallest absolute Gasteiger partial charge is 0.326 e. The molecular formula is C31H38N4O5S. The van der Waals surface area contributed by atoms with Gasteiger partial charge in [0.15, 0.2) is 0 Å². The zero-order chi connectivity index (χ0) is 29.2. The third-order valence-electron chi connectivity index (χ3n) is 7.42. The van der Waals surface area contributed by atoms with E-state index in [2.05, 4.69) is 10.2 Å². The summed E-state index contributed by atoms with van der Waals surface area (Å²) in [5.41, 5.74) is 2.71. The van der Waals surface area contributed by atoms with Gasteiger partial charge in [0.2, 0.25) is 10.0 Å². The molecule has 0 radical (unpaired) electrons. The number of benzene rings is 3. The van der Waals surface area contributed by atoms with E-state index in [9.17, 15) is 18.0 Å². The topological polar surface area (TPSA) is 110 Å². The highest BCUT2D eigenvalue weighted by Crippen LogP contribution is 2.24. The molecule has 1 saturated heterocycles. The molecule has 1 aliphatic heterocycles. The van der Waals surface area contributed by atoms with Gasteiger partial charge in [-0.25, -0.2) is 13.2 Å². The van der Waals surface area contributed by atoms with E-state index >= 15 is 0 Å². The van der Waals surface area contributed by atoms with Crippen molar-refractivity contribution in [3.63, 3.8) is 0 Å². The minimum Gasteiger partial charge on any atom is -0.480 e. The second kappa shape index (κ2) is 14.2. The molecule has 0 aromatic heterocycles. The van der Waals surface area contributed by atoms with Crippen molar-refractivity contribution in [1.29, 1.82) is 0 Å². The van der Waals surface area contributed by atoms with Gasteiger partial charge in [-0.05, 0) is 93.2 Å². The Labute approximate surface area is 242 Å². The number of anilines is 2. The Hall–Kier alpha value is -3.73. The van der Waals surface area contributed by atoms with Crippen LogP contribution in [0.5, 0.6) is 0 Å². The summed E-state index contributed by atoms with van der Waals surface area (Å²) in [5, 5.41) is 11.9. The maximum Gasteiger partial charge on any atom is 0.326 e. The van der Waals surface area contributed by atoms with Crippen LogP contribution >= 0.6 is 0 Å². The summed E-state index contributed by atoms with van der Waals surface area (Å²) < 4.78 is 26.0. The zero-order valence-electron chi connectivity index (χ0n) is 23.4. The highest BCUT2D eigenvalue weighted by molar-refractivity contribution is 7.89. The molecule has 3 aromatic rings. The highest BCUT2D eigenvalue weighted by Gasteiger charge is 2.24. The minimum absolute atomic E-state index is 0.0989. The zero-order valence-corrected chi connectivity index (χ0v) is 24.2. The van der Waals surface area contributed by atoms with Crippen molar-refractivity contribution < 1.29 is 23.1 Å². The number of hydrogen-bond acceptors (Lipinski definition) is 5. The molecule has 3 aromatic carbocycles. The number of nitrogens with zero attached hydrogens (tertiary/aromatic N) is 3. The standard InChI is InChI=1S/C31H38N4O5S/c1-33(24-30(36)37)41(39,40)29-15-13-25(14-16-29)23-26-17-21-34(22-18-26)19-8-20-35(28-11-6-3-7-12-28)31(38)32-27-9-4-2-5-10-27/h2-7,9-16,26H,8,17-24H2,1H3,(H,32,38)(H,36,37). The molecule has 9 nitrogen and oxygen atoms in total. The molecule has 41 heavy (non-hydrogen) atoms. The second-order valence-corrected chi connectivity index (χ2v) is 12.5. The van der Waals surface area contributed by atoms with Crippen LogP contribution in [0.2, 0.25) is 0 Å². The molecule has 2 N–H and O–H groups in total. The van der Waals surface area contributed by atoms with Gasteiger partial charge in [0.1, 0.15) is 6.54 Å². The van der Waals surface area contributed by atoms with Crippen LogP contribution in [-0.4, -0.2) is 74.5 Å². The second-order valence-electron chi connectivity index (χ2n) is 10.4. The molecular weight excluding hydrogens is 540 g/mol. The van der Waals surface area contributed by atoms with Crippen LogP contribution in [0, 0.1) is 5.92 Å². The maximum atomic E-state index is 13.1. The number of likely N-dealkylation sites (N-methyl/N-ethyl adjacent to an activating group) is 1. The summed E-state index contributed by atoms with van der Waals surface area (Å²) in [6, 6.07) is 25.8. The largest absolute Gasteiger partial charge is 0.480 e. The molecule has 0 bridgehead atoms. The van der Waals surface area contributed by atoms with E-state index in [4.69, 9.17) is 5.11 Å². The van der Waals surface area contributed by atoms with Gasteiger partial charge >= 0.3 is 12.0 Å². The van der Waals surface area contributed by atoms with Crippen LogP contribution in [-0.2, 0) is 21.2 Å². The van der Waals surface area contributed by atoms with Crippen LogP contribution < -0.4 is 10.2 Å². The molecule has 0 unspecified atom stereocenters. The summed E-state index contributed by atoms with van der Waals surface area (Å²) in [7, 11) is -2.56. The summed E-state index contributed by atoms with van der Waals surface area (Å²) in [4.78, 5) is 28.3. The fraction of sp³-hybridized carbons (Fsp3) is 0.355. The monoisotopic (exact) mass is 578 g/mol. The van der Waals surface area contributed by atoms with Gasteiger partial charge in [-0.3, -0.25) is 9.69 Å². The average molecular weight is 579 g/mol. The number of sulfonamides is 1. The predicted octanol–water partition coefficient (Wildman–Crippen LogP) is 4.78. The van der Waals surface area contributed by atoms with Crippen LogP contribution in [0.15, 0.2) is 89.8 Å². The summed E-state index contributed by atoms with van der Waals surface area (Å²) in [6.45, 7) is 2.91. The fourth-order valence-corrected chi connectivity index (χ4v) is 6.24. The van der Waals surface area contributed by atoms with Crippen molar-refractivity contribution in [2.45, 2.75) is 30.6 Å². The molecule has 2 amide bonds. The first-order valence-electron chi connectivity index (χ1n) is 13.9. The molecule has 218 valence electrons. The number of nitrogens with one attached hydrogen (secondary N) is 1. The number of rotatable bonds is 12. The Morgan fingerprint density at radius 1 is 0.927 bits per heavy atom. The third kappa shape index (κ3) is 8.63. The minimum atomic E-state index is -3.83. The molecule has 0 aliphatic carbocycles. The normalized spacial score (nSPS) is 14.6. The van der Waals surface area contributed by atoms with E-state index < -0.39 is 22.5 Å². The van der Waals surface area contributed by atoms with E-state index in [0.717, 1.165) is 66.6 Å². The predicted molar refractivity (Wildman–Crippen MR) is 161 cm³/mol. The van der Waals surface area contributed by atoms with Crippen molar-refractivity contribution in [2.24, 2.45) is 5.92 Å². The van der Waals surface area contributed by atoms with Gasteiger partial charge < -0.3 is 15.3 Å². The van der Waals surface area contributed by atoms with E-state index in [1.54, 1.807) is 17.0 Å². The number of carboxylic acids is 1. The summed E-state index contributed by atoms with van der Waals surface area (Å²) >= 11 is 0. The molecule has 1 fully saturated rings. The Kier molecular flexibility index (Phi) is 10.5. The van der Waals surface area contributed by atoms with Gasteiger partial charge in [-0.15, -0.1) is 0 Å². The average Bonchev–Trinajstić information content (AvgIpc) is 2.97. The van der Waals surface area contributed by atoms with Crippen LogP contribution in [0.3, 0.4) is 0 Å². The molecule has 1 aliphatic rings. The third-order valence-corrected chi connectivity index (χ3v) is 9.23. The number of urea groups is 1. The first-order valence-corrected chi connectivity index (χ1v) is 15.3. The Balaban J connectivity index is 1.24. The van der Waals surface area contributed by atoms with Gasteiger partial charge in [0.05, 0.1) is 4.90 Å². The number of carbonyl (C=O) groups is 2. The van der Waals surface area contributed by atoms with Crippen molar-refractivity contribution in [2.75, 3.05) is 50.0 Å². The van der Waals surface area contributed by atoms with Crippen molar-refractivity contribution in [1.82, 2.24) is 9.21 Å². The number of hydrogen-bond donors (Lipinski definition) is 2. The first-order chi connectivity index (χ1) is 19.7. The van der Waals surface area contributed by atoms with E-state index in [1.807, 2.05) is 72.8 Å². The van der Waals surface area contributed by atoms with Crippen LogP contribution in [0.25, 0.3) is 0 Å². The molecule has 0 saturated carbocycles. The number of aliphatic carboxylic acids is 1. The van der Waals surface area contributed by atoms with Crippen molar-refractivity contribution in [3.8, 4) is 0 Å². The van der Waals surface area contributed by atoms with E-state index in [-0.39, 0.29) is 10.9 Å². The fourth-order valence-electron chi connectivity index (χ4n) is 5.12. The lowest BCUT2D eigenvalue weighted by Crippen LogP contribution is -2.39. The number of para-hydroxylation sites is 2. The molecule has 0 atom stereocenters. The first kappa shape index (κ1) is 30.2. The lowest BCUT2D eigenvalue weighted by atomic mass is 9.90. The Morgan fingerprint density at radius 3 is 2.15 bits per heavy atom. The number of likely N-dealkylation sites (tertiary alicyclic amines) is 1. The van der Waals surface area contributed by atoms with Crippen molar-refractivity contribution >= 4 is 33.4 Å². The van der Waals surface area contributed by atoms with Gasteiger partial charge in [-0.1, -0.05) is 48.5 Å². The highest BCUT2D eigenvalue weighted by atomic mass is 32.2. The molecule has 10 heteroatoms. The maximum absolute atomic E-state index is 13.1. The van der Waals surface area contributed by atoms with Crippen molar-refractivity contribution in [3.05, 3.63) is 90.5 Å². The van der Waals surface area contributed by atoms with Gasteiger partial charge in [0, 0.05) is 25.0 Å². The molecule has 0 spiro atoms. The van der Waals surface area contributed by atoms with Gasteiger partial charge in [-0.2, -0.15) is 4.31 Å². The van der Waals surface area contributed by atoms with E-state index in [0.29, 0.717) is 12.5 Å². The lowest BCUT2D eigenvalue weighted by Gasteiger charge is -2.32. The van der Waals surface area contributed by atoms with E-state index in [1.165, 1.54) is 7.05 Å². The quantitative estimate of drug-likeness (QED) is 0.320. The Morgan fingerprint density at radius 2 is 1.54 bits per heavy atom. The summed E-state index contributed by atoms with van der Waals surface area (Å²) in [5.74, 6) is -0.679. The van der Waals surface area contributed by atoms with Crippen LogP contribution in [0.4, 0.5) is 16.2 Å². The molecule has 1 heterocycles. The Bertz CT molecular complexity index is 1380. The molecule has 4 rings (SSSR count). The van der Waals surface area contributed by atoms with Crippen LogP contribution in [0.1, 0.15) is 24.8 Å². The number of piperidine rings is 1. The SMILES string of the molecule is CN(CC(=O)O)S(=O)(=O)c1ccc(CC2CCN(CCCN(C(=O)Nc3ccccc3)c3ccccc3)CC2)cc1.